The van der Waals surface area contributed by atoms with Gasteiger partial charge >= 0.3 is 5.97 Å². The maximum atomic E-state index is 10.8. The summed E-state index contributed by atoms with van der Waals surface area (Å²) in [4.78, 5) is 10.8. The van der Waals surface area contributed by atoms with Gasteiger partial charge in [-0.25, -0.2) is 4.79 Å². The van der Waals surface area contributed by atoms with E-state index in [1.165, 1.54) is 6.07 Å². The van der Waals surface area contributed by atoms with Gasteiger partial charge in [0.15, 0.2) is 11.5 Å². The van der Waals surface area contributed by atoms with Gasteiger partial charge < -0.3 is 14.7 Å². The van der Waals surface area contributed by atoms with E-state index in [1.807, 2.05) is 24.3 Å². The number of aromatic carboxylic acids is 1. The highest BCUT2D eigenvalue weighted by molar-refractivity contribution is 5.91. The van der Waals surface area contributed by atoms with Gasteiger partial charge in [-0.1, -0.05) is 29.4 Å². The Hall–Kier alpha value is -2.82. The van der Waals surface area contributed by atoms with Crippen molar-refractivity contribution >= 4 is 16.7 Å². The van der Waals surface area contributed by atoms with Crippen molar-refractivity contribution in [3.05, 3.63) is 48.2 Å². The molecule has 2 N–H and O–H groups in total. The van der Waals surface area contributed by atoms with Crippen molar-refractivity contribution in [3.63, 3.8) is 0 Å². The number of carboxylic acids is 1. The summed E-state index contributed by atoms with van der Waals surface area (Å²) in [6, 6.07) is 12.1. The van der Waals surface area contributed by atoms with E-state index in [-0.39, 0.29) is 17.2 Å². The van der Waals surface area contributed by atoms with E-state index in [1.54, 1.807) is 12.1 Å². The van der Waals surface area contributed by atoms with Crippen LogP contribution in [0.4, 0.5) is 0 Å². The van der Waals surface area contributed by atoms with Crippen LogP contribution in [-0.4, -0.2) is 21.3 Å². The Balaban J connectivity index is 2.18. The molecule has 0 unspecified atom stereocenters. The molecule has 3 rings (SSSR count). The first-order chi connectivity index (χ1) is 9.15. The predicted octanol–water partition coefficient (Wildman–Crippen LogP) is 2.90. The van der Waals surface area contributed by atoms with Crippen molar-refractivity contribution in [2.45, 2.75) is 0 Å². The topological polar surface area (TPSA) is 83.6 Å². The monoisotopic (exact) mass is 255 g/mol. The molecule has 0 bridgehead atoms. The fraction of sp³-hybridized carbons (Fsp3) is 0. The molecule has 0 aliphatic rings. The summed E-state index contributed by atoms with van der Waals surface area (Å²) in [6.07, 6.45) is 0. The van der Waals surface area contributed by atoms with Crippen LogP contribution in [0.15, 0.2) is 47.0 Å². The molecule has 5 nitrogen and oxygen atoms in total. The summed E-state index contributed by atoms with van der Waals surface area (Å²) in [6.45, 7) is 0. The van der Waals surface area contributed by atoms with Crippen molar-refractivity contribution in [1.29, 1.82) is 0 Å². The Labute approximate surface area is 107 Å². The molecule has 1 aromatic heterocycles. The number of rotatable bonds is 2. The number of phenols is 1. The van der Waals surface area contributed by atoms with E-state index in [4.69, 9.17) is 9.63 Å². The third-order valence-electron chi connectivity index (χ3n) is 2.86. The van der Waals surface area contributed by atoms with Crippen LogP contribution in [0.3, 0.4) is 0 Å². The Morgan fingerprint density at radius 1 is 1.11 bits per heavy atom. The zero-order valence-corrected chi connectivity index (χ0v) is 9.70. The summed E-state index contributed by atoms with van der Waals surface area (Å²) in [7, 11) is 0. The summed E-state index contributed by atoms with van der Waals surface area (Å²) < 4.78 is 4.95. The lowest BCUT2D eigenvalue weighted by Crippen LogP contribution is -1.94. The second-order valence-electron chi connectivity index (χ2n) is 4.10. The van der Waals surface area contributed by atoms with Gasteiger partial charge in [-0.2, -0.15) is 0 Å². The molecule has 0 spiro atoms. The molecule has 0 amide bonds. The van der Waals surface area contributed by atoms with Gasteiger partial charge in [0.1, 0.15) is 5.75 Å². The average molecular weight is 255 g/mol. The van der Waals surface area contributed by atoms with Crippen LogP contribution in [0.25, 0.3) is 22.1 Å². The Kier molecular flexibility index (Phi) is 2.45. The minimum absolute atomic E-state index is 0.0202. The molecule has 0 atom stereocenters. The lowest BCUT2D eigenvalue weighted by molar-refractivity contribution is 0.0686. The number of phenolic OH excluding ortho intramolecular Hbond substituents is 1. The summed E-state index contributed by atoms with van der Waals surface area (Å²) >= 11 is 0. The Morgan fingerprint density at radius 2 is 1.79 bits per heavy atom. The van der Waals surface area contributed by atoms with E-state index in [9.17, 15) is 9.90 Å². The van der Waals surface area contributed by atoms with Gasteiger partial charge in [-0.05, 0) is 22.9 Å². The highest BCUT2D eigenvalue weighted by Crippen LogP contribution is 2.33. The van der Waals surface area contributed by atoms with Gasteiger partial charge in [-0.3, -0.25) is 0 Å². The first kappa shape index (κ1) is 11.3. The second kappa shape index (κ2) is 4.13. The smallest absolute Gasteiger partial charge is 0.358 e. The number of hydrogen-bond acceptors (Lipinski definition) is 4. The molecule has 19 heavy (non-hydrogen) atoms. The van der Waals surface area contributed by atoms with E-state index in [0.29, 0.717) is 5.56 Å². The molecule has 94 valence electrons. The predicted molar refractivity (Wildman–Crippen MR) is 68.1 cm³/mol. The van der Waals surface area contributed by atoms with Gasteiger partial charge in [0.05, 0.1) is 5.56 Å². The van der Waals surface area contributed by atoms with Crippen molar-refractivity contribution in [2.75, 3.05) is 0 Å². The summed E-state index contributed by atoms with van der Waals surface area (Å²) in [5.74, 6) is -0.928. The number of benzene rings is 2. The van der Waals surface area contributed by atoms with Crippen molar-refractivity contribution < 1.29 is 19.5 Å². The Bertz CT molecular complexity index is 776. The minimum atomic E-state index is -1.17. The fourth-order valence-electron chi connectivity index (χ4n) is 1.93. The van der Waals surface area contributed by atoms with Gasteiger partial charge in [0, 0.05) is 6.07 Å². The number of hydrogen-bond donors (Lipinski definition) is 2. The molecule has 0 saturated carbocycles. The zero-order chi connectivity index (χ0) is 13.4. The molecule has 3 aromatic rings. The van der Waals surface area contributed by atoms with Crippen molar-refractivity contribution in [1.82, 2.24) is 5.16 Å². The maximum absolute atomic E-state index is 10.8. The van der Waals surface area contributed by atoms with Gasteiger partial charge in [0.25, 0.3) is 0 Å². The van der Waals surface area contributed by atoms with E-state index in [2.05, 4.69) is 5.16 Å². The highest BCUT2D eigenvalue weighted by Gasteiger charge is 2.15. The van der Waals surface area contributed by atoms with Crippen LogP contribution >= 0.6 is 0 Å². The average Bonchev–Trinajstić information content (AvgIpc) is 2.87. The molecule has 0 fully saturated rings. The summed E-state index contributed by atoms with van der Waals surface area (Å²) in [5.41, 5.74) is 0.223. The third-order valence-corrected chi connectivity index (χ3v) is 2.86. The number of nitrogens with zero attached hydrogens (tertiary/aromatic N) is 1. The Morgan fingerprint density at radius 3 is 2.42 bits per heavy atom. The maximum Gasteiger partial charge on any atom is 0.358 e. The summed E-state index contributed by atoms with van der Waals surface area (Å²) in [5, 5.41) is 24.0. The van der Waals surface area contributed by atoms with Gasteiger partial charge in [-0.15, -0.1) is 0 Å². The molecule has 0 saturated heterocycles. The fourth-order valence-corrected chi connectivity index (χ4v) is 1.93. The quantitative estimate of drug-likeness (QED) is 0.735. The molecule has 0 radical (unpaired) electrons. The largest absolute Gasteiger partial charge is 0.507 e. The number of carboxylic acid groups (broad SMARTS) is 1. The molecule has 1 heterocycles. The third kappa shape index (κ3) is 1.91. The standard InChI is InChI=1S/C14H9NO4/c16-12-6-9-4-2-1-3-8(9)5-10(12)13-7-11(14(17)18)15-19-13/h1-7,16H,(H,17,18). The van der Waals surface area contributed by atoms with Crippen LogP contribution in [-0.2, 0) is 0 Å². The highest BCUT2D eigenvalue weighted by atomic mass is 16.5. The molecule has 5 heteroatoms. The molecule has 2 aromatic carbocycles. The SMILES string of the molecule is O=C(O)c1cc(-c2cc3ccccc3cc2O)on1. The van der Waals surface area contributed by atoms with Crippen molar-refractivity contribution in [2.24, 2.45) is 0 Å². The van der Waals surface area contributed by atoms with Crippen LogP contribution in [0.1, 0.15) is 10.5 Å². The van der Waals surface area contributed by atoms with Crippen LogP contribution in [0, 0.1) is 0 Å². The normalized spacial score (nSPS) is 10.7. The molecular formula is C14H9NO4. The number of aromatic nitrogens is 1. The number of aromatic hydroxyl groups is 1. The van der Waals surface area contributed by atoms with E-state index < -0.39 is 5.97 Å². The van der Waals surface area contributed by atoms with Gasteiger partial charge in [0.2, 0.25) is 0 Å². The molecular weight excluding hydrogens is 246 g/mol. The van der Waals surface area contributed by atoms with Crippen LogP contribution in [0.5, 0.6) is 5.75 Å². The lowest BCUT2D eigenvalue weighted by atomic mass is 10.0. The zero-order valence-electron chi connectivity index (χ0n) is 9.70. The van der Waals surface area contributed by atoms with E-state index >= 15 is 0 Å². The minimum Gasteiger partial charge on any atom is -0.507 e. The lowest BCUT2D eigenvalue weighted by Gasteiger charge is -2.03. The number of fused-ring (bicyclic) bond motifs is 1. The number of carbonyl (C=O) groups is 1. The molecule has 0 aliphatic heterocycles. The van der Waals surface area contributed by atoms with Crippen molar-refractivity contribution in [3.8, 4) is 17.1 Å². The van der Waals surface area contributed by atoms with Crippen LogP contribution < -0.4 is 0 Å². The molecule has 0 aliphatic carbocycles. The second-order valence-corrected chi connectivity index (χ2v) is 4.10. The van der Waals surface area contributed by atoms with E-state index in [0.717, 1.165) is 10.8 Å². The first-order valence-electron chi connectivity index (χ1n) is 5.57. The first-order valence-corrected chi connectivity index (χ1v) is 5.57. The van der Waals surface area contributed by atoms with Crippen LogP contribution in [0.2, 0.25) is 0 Å².